The first-order chi connectivity index (χ1) is 25.5. The summed E-state index contributed by atoms with van der Waals surface area (Å²) >= 11 is 0. The van der Waals surface area contributed by atoms with Crippen molar-refractivity contribution < 1.29 is 53.7 Å². The van der Waals surface area contributed by atoms with Gasteiger partial charge in [-0.1, -0.05) is 46.3 Å². The molecular formula is C43H64O11. The van der Waals surface area contributed by atoms with Gasteiger partial charge in [-0.2, -0.15) is 0 Å². The van der Waals surface area contributed by atoms with E-state index >= 15 is 0 Å². The van der Waals surface area contributed by atoms with E-state index < -0.39 is 66.4 Å². The molecule has 4 N–H and O–H groups in total. The lowest BCUT2D eigenvalue weighted by Gasteiger charge is -2.60. The number of ether oxygens (including phenoxy) is 5. The fraction of sp³-hybridized carbons (Fsp3) is 0.767. The standard InChI is InChI=1S/C43H64O11/c1-22(2)9-16-32(46)23(3)35-34(20-31-30-15-12-27-19-28(45)17-18-42(27,6)36(30)33(47)21-43(31,35)7)53-41-39(52-25(5)44)38(37(48)24(4)51-41)54-40(49)26-10-13-29(50-8)14-11-26/h10-14,22-24,28,30-39,41,45-48H,9,15-21H2,1-8H3/t23-,24+,28+,30+,31+,32+,33-,34+,35+,36-,37+,38-,39-,41+,42+,43+/m1/s1. The molecule has 1 aromatic rings. The van der Waals surface area contributed by atoms with Crippen LogP contribution in [-0.2, 0) is 23.7 Å². The maximum Gasteiger partial charge on any atom is 0.338 e. The molecule has 11 heteroatoms. The summed E-state index contributed by atoms with van der Waals surface area (Å²) in [6, 6.07) is 6.39. The lowest BCUT2D eigenvalue weighted by atomic mass is 9.46. The Balaban J connectivity index is 1.33. The summed E-state index contributed by atoms with van der Waals surface area (Å²) in [5, 5.41) is 45.9. The second kappa shape index (κ2) is 16.1. The smallest absolute Gasteiger partial charge is 0.338 e. The summed E-state index contributed by atoms with van der Waals surface area (Å²) in [7, 11) is 1.53. The number of benzene rings is 1. The fourth-order valence-corrected chi connectivity index (χ4v) is 11.5. The normalized spacial score (nSPS) is 41.5. The Bertz CT molecular complexity index is 1510. The number of fused-ring (bicyclic) bond motifs is 5. The van der Waals surface area contributed by atoms with Crippen molar-refractivity contribution >= 4 is 11.9 Å². The van der Waals surface area contributed by atoms with Crippen molar-refractivity contribution in [1.29, 1.82) is 0 Å². The van der Waals surface area contributed by atoms with Gasteiger partial charge in [0, 0.05) is 6.92 Å². The van der Waals surface area contributed by atoms with Crippen LogP contribution in [0.2, 0.25) is 0 Å². The molecule has 1 aromatic carbocycles. The van der Waals surface area contributed by atoms with Crippen LogP contribution in [0.4, 0.5) is 0 Å². The molecule has 1 aliphatic heterocycles. The van der Waals surface area contributed by atoms with Crippen LogP contribution in [0.3, 0.4) is 0 Å². The van der Waals surface area contributed by atoms with Crippen LogP contribution in [0, 0.1) is 46.3 Å². The summed E-state index contributed by atoms with van der Waals surface area (Å²) in [6.07, 6.45) is 0.0660. The number of methoxy groups -OCH3 is 1. The molecule has 0 aromatic heterocycles. The lowest BCUT2D eigenvalue weighted by molar-refractivity contribution is -0.311. The van der Waals surface area contributed by atoms with Gasteiger partial charge in [0.15, 0.2) is 18.5 Å². The Hall–Kier alpha value is -2.54. The van der Waals surface area contributed by atoms with E-state index in [1.54, 1.807) is 31.2 Å². The van der Waals surface area contributed by atoms with Crippen LogP contribution in [0.25, 0.3) is 0 Å². The molecule has 0 radical (unpaired) electrons. The predicted molar refractivity (Wildman–Crippen MR) is 200 cm³/mol. The van der Waals surface area contributed by atoms with Gasteiger partial charge < -0.3 is 44.1 Å². The average Bonchev–Trinajstić information content (AvgIpc) is 3.41. The molecule has 6 rings (SSSR count). The molecule has 0 unspecified atom stereocenters. The summed E-state index contributed by atoms with van der Waals surface area (Å²) in [6.45, 7) is 13.8. The fourth-order valence-electron chi connectivity index (χ4n) is 11.5. The van der Waals surface area contributed by atoms with E-state index in [1.165, 1.54) is 19.6 Å². The van der Waals surface area contributed by atoms with E-state index in [1.807, 2.05) is 0 Å². The van der Waals surface area contributed by atoms with Gasteiger partial charge in [-0.05, 0) is 129 Å². The first kappa shape index (κ1) is 41.1. The van der Waals surface area contributed by atoms with Gasteiger partial charge in [0.25, 0.3) is 0 Å². The van der Waals surface area contributed by atoms with E-state index in [2.05, 4.69) is 40.7 Å². The lowest BCUT2D eigenvalue weighted by Crippen LogP contribution is -2.61. The van der Waals surface area contributed by atoms with Gasteiger partial charge in [-0.3, -0.25) is 4.79 Å². The van der Waals surface area contributed by atoms with Gasteiger partial charge in [0.05, 0.1) is 43.2 Å². The van der Waals surface area contributed by atoms with Crippen molar-refractivity contribution in [3.05, 3.63) is 41.5 Å². The molecule has 1 saturated heterocycles. The number of carbonyl (C=O) groups excluding carboxylic acids is 2. The molecule has 0 spiro atoms. The van der Waals surface area contributed by atoms with Crippen LogP contribution < -0.4 is 4.74 Å². The second-order valence-corrected chi connectivity index (χ2v) is 18.1. The zero-order chi connectivity index (χ0) is 39.3. The van der Waals surface area contributed by atoms with Crippen molar-refractivity contribution in [1.82, 2.24) is 0 Å². The van der Waals surface area contributed by atoms with Gasteiger partial charge in [0.2, 0.25) is 0 Å². The second-order valence-electron chi connectivity index (χ2n) is 18.1. The molecule has 11 nitrogen and oxygen atoms in total. The molecule has 0 bridgehead atoms. The van der Waals surface area contributed by atoms with Crippen molar-refractivity contribution in [2.45, 2.75) is 155 Å². The highest BCUT2D eigenvalue weighted by molar-refractivity contribution is 5.89. The van der Waals surface area contributed by atoms with Gasteiger partial charge in [0.1, 0.15) is 11.9 Å². The summed E-state index contributed by atoms with van der Waals surface area (Å²) in [5.41, 5.74) is 0.875. The molecule has 4 fully saturated rings. The van der Waals surface area contributed by atoms with E-state index in [9.17, 15) is 30.0 Å². The maximum absolute atomic E-state index is 13.4. The Morgan fingerprint density at radius 2 is 1.72 bits per heavy atom. The van der Waals surface area contributed by atoms with Crippen LogP contribution in [0.5, 0.6) is 5.75 Å². The predicted octanol–water partition coefficient (Wildman–Crippen LogP) is 5.60. The Morgan fingerprint density at radius 1 is 1.02 bits per heavy atom. The summed E-state index contributed by atoms with van der Waals surface area (Å²) < 4.78 is 30.2. The number of aliphatic hydroxyl groups excluding tert-OH is 4. The molecule has 3 saturated carbocycles. The van der Waals surface area contributed by atoms with Crippen LogP contribution in [-0.4, -0.2) is 94.6 Å². The van der Waals surface area contributed by atoms with Crippen molar-refractivity contribution in [2.75, 3.05) is 7.11 Å². The minimum Gasteiger partial charge on any atom is -0.497 e. The molecular weight excluding hydrogens is 692 g/mol. The Kier molecular flexibility index (Phi) is 12.3. The van der Waals surface area contributed by atoms with Crippen molar-refractivity contribution in [3.8, 4) is 5.75 Å². The minimum absolute atomic E-state index is 0.0280. The number of esters is 2. The van der Waals surface area contributed by atoms with Crippen LogP contribution in [0.15, 0.2) is 35.9 Å². The third kappa shape index (κ3) is 7.75. The molecule has 0 amide bonds. The van der Waals surface area contributed by atoms with E-state index in [0.29, 0.717) is 43.8 Å². The first-order valence-electron chi connectivity index (χ1n) is 20.2. The van der Waals surface area contributed by atoms with Gasteiger partial charge in [-0.15, -0.1) is 0 Å². The Labute approximate surface area is 320 Å². The number of allylic oxidation sites excluding steroid dienone is 1. The highest BCUT2D eigenvalue weighted by Gasteiger charge is 2.66. The van der Waals surface area contributed by atoms with Gasteiger partial charge >= 0.3 is 11.9 Å². The number of hydrogen-bond donors (Lipinski definition) is 4. The minimum atomic E-state index is -1.32. The quantitative estimate of drug-likeness (QED) is 0.165. The number of aliphatic hydroxyl groups is 4. The molecule has 4 aliphatic carbocycles. The first-order valence-corrected chi connectivity index (χ1v) is 20.2. The monoisotopic (exact) mass is 756 g/mol. The highest BCUT2D eigenvalue weighted by Crippen LogP contribution is 2.68. The summed E-state index contributed by atoms with van der Waals surface area (Å²) in [4.78, 5) is 26.0. The molecule has 16 atom stereocenters. The van der Waals surface area contributed by atoms with Crippen molar-refractivity contribution in [3.63, 3.8) is 0 Å². The van der Waals surface area contributed by atoms with E-state index in [0.717, 1.165) is 19.3 Å². The SMILES string of the molecule is COc1ccc(C(=O)O[C@@H]2[C@@H](O)[C@H](C)O[C@@H](O[C@H]3C[C@H]4[C@@H]5CC=C6C[C@@H](O)CC[C@]6(C)[C@H]5[C@H](O)C[C@]4(C)[C@H]3[C@H](C)[C@@H](O)CCC(C)C)[C@@H]2OC(C)=O)cc1. The van der Waals surface area contributed by atoms with E-state index in [-0.39, 0.29) is 46.7 Å². The Morgan fingerprint density at radius 3 is 2.37 bits per heavy atom. The summed E-state index contributed by atoms with van der Waals surface area (Å²) in [5.74, 6) is -0.435. The number of carbonyl (C=O) groups is 2. The number of rotatable bonds is 11. The third-order valence-electron chi connectivity index (χ3n) is 14.2. The molecule has 5 aliphatic rings. The molecule has 54 heavy (non-hydrogen) atoms. The maximum atomic E-state index is 13.4. The number of hydrogen-bond acceptors (Lipinski definition) is 11. The van der Waals surface area contributed by atoms with Gasteiger partial charge in [-0.25, -0.2) is 4.79 Å². The zero-order valence-corrected chi connectivity index (χ0v) is 33.4. The van der Waals surface area contributed by atoms with Crippen LogP contribution >= 0.6 is 0 Å². The van der Waals surface area contributed by atoms with E-state index in [4.69, 9.17) is 23.7 Å². The van der Waals surface area contributed by atoms with Crippen LogP contribution in [0.1, 0.15) is 110 Å². The molecule has 302 valence electrons. The van der Waals surface area contributed by atoms with Crippen molar-refractivity contribution in [2.24, 2.45) is 46.3 Å². The highest BCUT2D eigenvalue weighted by atomic mass is 16.7. The molecule has 1 heterocycles. The zero-order valence-electron chi connectivity index (χ0n) is 33.4. The largest absolute Gasteiger partial charge is 0.497 e. The third-order valence-corrected chi connectivity index (χ3v) is 14.2. The average molecular weight is 757 g/mol. The topological polar surface area (TPSA) is 161 Å².